The van der Waals surface area contributed by atoms with Gasteiger partial charge in [-0.05, 0) is 91.5 Å². The zero-order valence-electron chi connectivity index (χ0n) is 29.4. The lowest BCUT2D eigenvalue weighted by atomic mass is 9.72. The molecule has 260 valence electrons. The Labute approximate surface area is 282 Å². The number of benzene rings is 1. The van der Waals surface area contributed by atoms with E-state index in [1.54, 1.807) is 12.3 Å². The van der Waals surface area contributed by atoms with Gasteiger partial charge in [-0.1, -0.05) is 46.2 Å². The normalized spacial score (nSPS) is 19.2. The number of pyridine rings is 1. The van der Waals surface area contributed by atoms with Crippen LogP contribution < -0.4 is 5.69 Å². The van der Waals surface area contributed by atoms with Gasteiger partial charge in [-0.2, -0.15) is 13.2 Å². The Morgan fingerprint density at radius 3 is 2.44 bits per heavy atom. The summed E-state index contributed by atoms with van der Waals surface area (Å²) < 4.78 is 54.4. The summed E-state index contributed by atoms with van der Waals surface area (Å²) in [4.78, 5) is 21.1. The number of nitrogens with zero attached hydrogens (tertiary/aromatic N) is 5. The zero-order chi connectivity index (χ0) is 34.6. The maximum Gasteiger partial charge on any atom is 0.418 e. The highest BCUT2D eigenvalue weighted by Gasteiger charge is 2.38. The van der Waals surface area contributed by atoms with E-state index in [1.165, 1.54) is 21.2 Å². The molecule has 1 aliphatic carbocycles. The van der Waals surface area contributed by atoms with E-state index in [1.807, 2.05) is 31.4 Å². The number of fused-ring (bicyclic) bond motifs is 1. The lowest BCUT2D eigenvalue weighted by Gasteiger charge is -2.35. The van der Waals surface area contributed by atoms with E-state index in [-0.39, 0.29) is 16.5 Å². The van der Waals surface area contributed by atoms with Crippen LogP contribution in [-0.2, 0) is 30.8 Å². The molecule has 3 aromatic heterocycles. The predicted octanol–water partition coefficient (Wildman–Crippen LogP) is 8.53. The van der Waals surface area contributed by atoms with Crippen LogP contribution in [0.1, 0.15) is 93.9 Å². The fourth-order valence-corrected chi connectivity index (χ4v) is 8.02. The topological polar surface area (TPSA) is 56.7 Å². The molecule has 0 spiro atoms. The van der Waals surface area contributed by atoms with Crippen LogP contribution in [-0.4, -0.2) is 44.8 Å². The van der Waals surface area contributed by atoms with Crippen LogP contribution >= 0.6 is 0 Å². The first-order valence-corrected chi connectivity index (χ1v) is 20.3. The zero-order valence-corrected chi connectivity index (χ0v) is 30.4. The first-order valence-electron chi connectivity index (χ1n) is 17.3. The van der Waals surface area contributed by atoms with Crippen molar-refractivity contribution in [1.82, 2.24) is 23.4 Å². The van der Waals surface area contributed by atoms with Crippen LogP contribution in [0.4, 0.5) is 13.2 Å². The van der Waals surface area contributed by atoms with Crippen LogP contribution in [0.15, 0.2) is 53.7 Å². The summed E-state index contributed by atoms with van der Waals surface area (Å²) >= 11 is 0. The molecule has 0 radical (unpaired) electrons. The molecule has 4 aromatic rings. The van der Waals surface area contributed by atoms with Gasteiger partial charge in [0.05, 0.1) is 29.1 Å². The number of likely N-dealkylation sites (tertiary alicyclic amines) is 1. The van der Waals surface area contributed by atoms with Crippen LogP contribution in [0.3, 0.4) is 0 Å². The Morgan fingerprint density at radius 1 is 1.04 bits per heavy atom. The van der Waals surface area contributed by atoms with E-state index in [0.29, 0.717) is 36.2 Å². The van der Waals surface area contributed by atoms with Crippen molar-refractivity contribution in [2.75, 3.05) is 13.1 Å². The van der Waals surface area contributed by atoms with Crippen molar-refractivity contribution >= 4 is 13.8 Å². The third-order valence-corrected chi connectivity index (χ3v) is 15.5. The molecule has 11 heteroatoms. The molecular weight excluding hydrogens is 632 g/mol. The van der Waals surface area contributed by atoms with Crippen molar-refractivity contribution < 1.29 is 17.6 Å². The predicted molar refractivity (Wildman–Crippen MR) is 186 cm³/mol. The van der Waals surface area contributed by atoms with Crippen molar-refractivity contribution in [3.8, 4) is 5.69 Å². The summed E-state index contributed by atoms with van der Waals surface area (Å²) in [5, 5.41) is 0.0932. The third kappa shape index (κ3) is 6.96. The molecule has 2 atom stereocenters. The smallest absolute Gasteiger partial charge is 0.411 e. The number of piperidine rings is 1. The second-order valence-corrected chi connectivity index (χ2v) is 20.6. The fourth-order valence-electron chi connectivity index (χ4n) is 7.08. The first-order chi connectivity index (χ1) is 22.5. The van der Waals surface area contributed by atoms with Crippen LogP contribution in [0.25, 0.3) is 11.2 Å². The molecule has 0 N–H and O–H groups in total. The number of hydrogen-bond donors (Lipinski definition) is 0. The summed E-state index contributed by atoms with van der Waals surface area (Å²) in [6, 6.07) is 8.90. The lowest BCUT2D eigenvalue weighted by Crippen LogP contribution is -2.40. The maximum absolute atomic E-state index is 14.4. The van der Waals surface area contributed by atoms with Crippen LogP contribution in [0.2, 0.25) is 18.1 Å². The molecule has 0 bridgehead atoms. The van der Waals surface area contributed by atoms with E-state index < -0.39 is 25.7 Å². The van der Waals surface area contributed by atoms with Crippen molar-refractivity contribution in [2.24, 2.45) is 18.9 Å². The minimum atomic E-state index is -4.60. The summed E-state index contributed by atoms with van der Waals surface area (Å²) in [5.41, 5.74) is 1.49. The average molecular weight is 682 g/mol. The monoisotopic (exact) mass is 681 g/mol. The highest BCUT2D eigenvalue weighted by atomic mass is 28.4. The summed E-state index contributed by atoms with van der Waals surface area (Å²) in [6.45, 7) is 15.8. The molecular formula is C37H50F3N5O2Si. The second-order valence-electron chi connectivity index (χ2n) is 15.8. The molecule has 1 unspecified atom stereocenters. The van der Waals surface area contributed by atoms with Gasteiger partial charge in [0.1, 0.15) is 5.82 Å². The molecule has 1 aromatic carbocycles. The molecule has 48 heavy (non-hydrogen) atoms. The summed E-state index contributed by atoms with van der Waals surface area (Å²) in [6.07, 6.45) is 5.81. The molecule has 2 fully saturated rings. The molecule has 7 nitrogen and oxygen atoms in total. The highest BCUT2D eigenvalue weighted by molar-refractivity contribution is 6.74. The van der Waals surface area contributed by atoms with Gasteiger partial charge >= 0.3 is 11.9 Å². The van der Waals surface area contributed by atoms with E-state index in [9.17, 15) is 18.0 Å². The van der Waals surface area contributed by atoms with Gasteiger partial charge < -0.3 is 8.99 Å². The van der Waals surface area contributed by atoms with E-state index in [4.69, 9.17) is 9.41 Å². The Bertz CT molecular complexity index is 1830. The molecule has 6 rings (SSSR count). The average Bonchev–Trinajstić information content (AvgIpc) is 3.51. The molecule has 0 amide bonds. The quantitative estimate of drug-likeness (QED) is 0.166. The highest BCUT2D eigenvalue weighted by Crippen LogP contribution is 2.44. The van der Waals surface area contributed by atoms with E-state index >= 15 is 0 Å². The number of halogens is 3. The molecule has 1 saturated carbocycles. The van der Waals surface area contributed by atoms with Crippen LogP contribution in [0, 0.1) is 11.8 Å². The van der Waals surface area contributed by atoms with Crippen LogP contribution in [0.5, 0.6) is 0 Å². The van der Waals surface area contributed by atoms with E-state index in [2.05, 4.69) is 50.3 Å². The van der Waals surface area contributed by atoms with Gasteiger partial charge in [0.2, 0.25) is 0 Å². The number of hydrogen-bond acceptors (Lipinski definition) is 4. The minimum absolute atomic E-state index is 0.0117. The number of alkyl halides is 3. The lowest BCUT2D eigenvalue weighted by molar-refractivity contribution is -0.136. The summed E-state index contributed by atoms with van der Waals surface area (Å²) in [7, 11) is 0.0539. The largest absolute Gasteiger partial charge is 0.418 e. The van der Waals surface area contributed by atoms with Gasteiger partial charge in [0.15, 0.2) is 8.32 Å². The number of aryl methyl sites for hydroxylation is 1. The first kappa shape index (κ1) is 34.7. The fraction of sp³-hybridized carbons (Fsp3) is 0.568. The molecule has 1 aliphatic heterocycles. The summed E-state index contributed by atoms with van der Waals surface area (Å²) in [5.74, 6) is 1.81. The van der Waals surface area contributed by atoms with Gasteiger partial charge in [-0.25, -0.2) is 9.78 Å². The SMILES string of the molecule is C[C@H]1CCCN(Cc2cc(C(F)(F)F)c3cn(-c4cccc(C(c5nc(CO[Si](C)(C)C(C)(C)C)cn5C)C5CCC5)c4)c(=O)n3c2)C1. The third-order valence-electron chi connectivity index (χ3n) is 11.0. The Morgan fingerprint density at radius 2 is 1.79 bits per heavy atom. The number of imidazole rings is 2. The maximum atomic E-state index is 14.4. The molecule has 2 aliphatic rings. The standard InChI is InChI=1S/C37H50F3N5O2Si/c1-25-11-10-16-43(19-25)20-26-17-31(37(38,39)40)32-23-44(35(46)45(32)21-26)30-15-9-14-28(18-30)33(27-12-8-13-27)34-41-29(22-42(34)5)24-47-48(6,7)36(2,3)4/h9,14-15,17-18,21-23,25,27,33H,8,10-13,16,19-20,24H2,1-7H3/t25-,33?/m0/s1. The minimum Gasteiger partial charge on any atom is -0.411 e. The van der Waals surface area contributed by atoms with Crippen molar-refractivity contribution in [2.45, 2.75) is 103 Å². The van der Waals surface area contributed by atoms with Crippen molar-refractivity contribution in [1.29, 1.82) is 0 Å². The van der Waals surface area contributed by atoms with Crippen molar-refractivity contribution in [3.63, 3.8) is 0 Å². The molecule has 1 saturated heterocycles. The number of aromatic nitrogens is 4. The Kier molecular flexibility index (Phi) is 9.36. The Balaban J connectivity index is 1.35. The van der Waals surface area contributed by atoms with Gasteiger partial charge in [0, 0.05) is 44.6 Å². The van der Waals surface area contributed by atoms with Gasteiger partial charge in [-0.3, -0.25) is 13.9 Å². The van der Waals surface area contributed by atoms with Crippen molar-refractivity contribution in [3.05, 3.63) is 87.6 Å². The Hall–Kier alpha value is -3.15. The van der Waals surface area contributed by atoms with Gasteiger partial charge in [-0.15, -0.1) is 0 Å². The molecule has 4 heterocycles. The number of rotatable bonds is 9. The van der Waals surface area contributed by atoms with E-state index in [0.717, 1.165) is 62.3 Å². The van der Waals surface area contributed by atoms with Gasteiger partial charge in [0.25, 0.3) is 0 Å². The second kappa shape index (κ2) is 12.9.